The second-order valence-electron chi connectivity index (χ2n) is 3.67. The molecule has 0 radical (unpaired) electrons. The standard InChI is InChI=1S/C13H11N3O2/c1-9-15-6-12(7-16-9)18-13-3-2-10(8-17)4-11(13)5-14/h2-4,6-7,17H,8H2,1H3. The van der Waals surface area contributed by atoms with Gasteiger partial charge in [0.05, 0.1) is 24.6 Å². The number of aliphatic hydroxyl groups is 1. The number of ether oxygens (including phenoxy) is 1. The Labute approximate surface area is 104 Å². The highest BCUT2D eigenvalue weighted by molar-refractivity contribution is 5.46. The van der Waals surface area contributed by atoms with Crippen LogP contribution in [-0.4, -0.2) is 15.1 Å². The summed E-state index contributed by atoms with van der Waals surface area (Å²) in [6.07, 6.45) is 3.09. The van der Waals surface area contributed by atoms with Gasteiger partial charge in [-0.3, -0.25) is 0 Å². The van der Waals surface area contributed by atoms with Crippen molar-refractivity contribution >= 4 is 0 Å². The van der Waals surface area contributed by atoms with E-state index in [1.54, 1.807) is 37.5 Å². The van der Waals surface area contributed by atoms with E-state index in [0.29, 0.717) is 28.5 Å². The Balaban J connectivity index is 2.29. The number of aliphatic hydroxyl groups excluding tert-OH is 1. The average molecular weight is 241 g/mol. The van der Waals surface area contributed by atoms with E-state index < -0.39 is 0 Å². The Morgan fingerprint density at radius 3 is 2.67 bits per heavy atom. The van der Waals surface area contributed by atoms with Gasteiger partial charge in [0.25, 0.3) is 0 Å². The Hall–Kier alpha value is -2.45. The molecule has 5 heteroatoms. The molecule has 1 N–H and O–H groups in total. The van der Waals surface area contributed by atoms with Gasteiger partial charge in [0.15, 0.2) is 5.75 Å². The van der Waals surface area contributed by atoms with E-state index in [1.807, 2.05) is 6.07 Å². The van der Waals surface area contributed by atoms with E-state index in [9.17, 15) is 0 Å². The number of benzene rings is 1. The summed E-state index contributed by atoms with van der Waals surface area (Å²) in [5, 5.41) is 18.0. The first-order chi connectivity index (χ1) is 8.72. The molecule has 0 bridgehead atoms. The Kier molecular flexibility index (Phi) is 3.51. The van der Waals surface area contributed by atoms with Crippen LogP contribution < -0.4 is 4.74 Å². The zero-order valence-corrected chi connectivity index (χ0v) is 9.79. The van der Waals surface area contributed by atoms with Gasteiger partial charge in [-0.1, -0.05) is 6.07 Å². The topological polar surface area (TPSA) is 79.0 Å². The molecule has 0 amide bonds. The number of hydrogen-bond donors (Lipinski definition) is 1. The lowest BCUT2D eigenvalue weighted by Crippen LogP contribution is -1.93. The molecule has 0 saturated carbocycles. The molecule has 5 nitrogen and oxygen atoms in total. The van der Waals surface area contributed by atoms with E-state index in [4.69, 9.17) is 15.1 Å². The third-order valence-electron chi connectivity index (χ3n) is 2.33. The SMILES string of the molecule is Cc1ncc(Oc2ccc(CO)cc2C#N)cn1. The van der Waals surface area contributed by atoms with Crippen molar-refractivity contribution in [2.45, 2.75) is 13.5 Å². The zero-order valence-electron chi connectivity index (χ0n) is 9.79. The molecule has 0 aliphatic rings. The largest absolute Gasteiger partial charge is 0.453 e. The summed E-state index contributed by atoms with van der Waals surface area (Å²) in [5.74, 6) is 1.54. The van der Waals surface area contributed by atoms with Gasteiger partial charge in [-0.25, -0.2) is 9.97 Å². The third-order valence-corrected chi connectivity index (χ3v) is 2.33. The second-order valence-corrected chi connectivity index (χ2v) is 3.67. The number of nitriles is 1. The summed E-state index contributed by atoms with van der Waals surface area (Å²) in [4.78, 5) is 8.01. The maximum atomic E-state index is 9.02. The highest BCUT2D eigenvalue weighted by Crippen LogP contribution is 2.25. The lowest BCUT2D eigenvalue weighted by atomic mass is 10.1. The molecule has 0 aliphatic carbocycles. The van der Waals surface area contributed by atoms with Crippen LogP contribution in [0.2, 0.25) is 0 Å². The highest BCUT2D eigenvalue weighted by atomic mass is 16.5. The fraction of sp³-hybridized carbons (Fsp3) is 0.154. The molecule has 1 heterocycles. The van der Waals surface area contributed by atoms with Crippen molar-refractivity contribution in [3.63, 3.8) is 0 Å². The lowest BCUT2D eigenvalue weighted by Gasteiger charge is -2.07. The van der Waals surface area contributed by atoms with Crippen molar-refractivity contribution in [3.8, 4) is 17.6 Å². The van der Waals surface area contributed by atoms with Crippen LogP contribution in [0.25, 0.3) is 0 Å². The Morgan fingerprint density at radius 2 is 2.06 bits per heavy atom. The third kappa shape index (κ3) is 2.62. The van der Waals surface area contributed by atoms with Crippen LogP contribution in [0, 0.1) is 18.3 Å². The molecular formula is C13H11N3O2. The molecular weight excluding hydrogens is 230 g/mol. The fourth-order valence-electron chi connectivity index (χ4n) is 1.41. The predicted molar refractivity (Wildman–Crippen MR) is 63.9 cm³/mol. The van der Waals surface area contributed by atoms with Crippen LogP contribution >= 0.6 is 0 Å². The number of rotatable bonds is 3. The minimum Gasteiger partial charge on any atom is -0.453 e. The number of hydrogen-bond acceptors (Lipinski definition) is 5. The summed E-state index contributed by atoms with van der Waals surface area (Å²) in [6, 6.07) is 6.96. The fourth-order valence-corrected chi connectivity index (χ4v) is 1.41. The first-order valence-electron chi connectivity index (χ1n) is 5.33. The molecule has 0 unspecified atom stereocenters. The highest BCUT2D eigenvalue weighted by Gasteiger charge is 2.06. The van der Waals surface area contributed by atoms with Gasteiger partial charge < -0.3 is 9.84 Å². The van der Waals surface area contributed by atoms with E-state index in [0.717, 1.165) is 0 Å². The van der Waals surface area contributed by atoms with Crippen molar-refractivity contribution in [2.75, 3.05) is 0 Å². The monoisotopic (exact) mass is 241 g/mol. The number of aryl methyl sites for hydroxylation is 1. The second kappa shape index (κ2) is 5.25. The molecule has 0 atom stereocenters. The summed E-state index contributed by atoms with van der Waals surface area (Å²) < 4.78 is 5.53. The van der Waals surface area contributed by atoms with E-state index in [-0.39, 0.29) is 6.61 Å². The predicted octanol–water partition coefficient (Wildman–Crippen LogP) is 1.94. The van der Waals surface area contributed by atoms with Gasteiger partial charge in [-0.2, -0.15) is 5.26 Å². The summed E-state index contributed by atoms with van der Waals surface area (Å²) >= 11 is 0. The van der Waals surface area contributed by atoms with Crippen molar-refractivity contribution < 1.29 is 9.84 Å². The maximum absolute atomic E-state index is 9.02. The van der Waals surface area contributed by atoms with Crippen molar-refractivity contribution in [1.82, 2.24) is 9.97 Å². The summed E-state index contributed by atoms with van der Waals surface area (Å²) in [6.45, 7) is 1.67. The van der Waals surface area contributed by atoms with Crippen molar-refractivity contribution in [2.24, 2.45) is 0 Å². The van der Waals surface area contributed by atoms with Gasteiger partial charge in [0.1, 0.15) is 17.6 Å². The van der Waals surface area contributed by atoms with Gasteiger partial charge >= 0.3 is 0 Å². The van der Waals surface area contributed by atoms with Gasteiger partial charge in [-0.05, 0) is 24.6 Å². The smallest absolute Gasteiger partial charge is 0.164 e. The minimum absolute atomic E-state index is 0.109. The van der Waals surface area contributed by atoms with Gasteiger partial charge in [0.2, 0.25) is 0 Å². The number of aromatic nitrogens is 2. The molecule has 0 fully saturated rings. The lowest BCUT2D eigenvalue weighted by molar-refractivity contribution is 0.281. The van der Waals surface area contributed by atoms with Crippen LogP contribution in [0.4, 0.5) is 0 Å². The van der Waals surface area contributed by atoms with Gasteiger partial charge in [-0.15, -0.1) is 0 Å². The quantitative estimate of drug-likeness (QED) is 0.888. The van der Waals surface area contributed by atoms with Gasteiger partial charge in [0, 0.05) is 0 Å². The molecule has 18 heavy (non-hydrogen) atoms. The van der Waals surface area contributed by atoms with Crippen LogP contribution in [0.1, 0.15) is 17.0 Å². The minimum atomic E-state index is -0.109. The molecule has 2 aromatic rings. The molecule has 0 spiro atoms. The van der Waals surface area contributed by atoms with Crippen LogP contribution in [-0.2, 0) is 6.61 Å². The average Bonchev–Trinajstić information content (AvgIpc) is 2.41. The van der Waals surface area contributed by atoms with Crippen LogP contribution in [0.15, 0.2) is 30.6 Å². The van der Waals surface area contributed by atoms with E-state index in [2.05, 4.69) is 9.97 Å². The molecule has 1 aromatic carbocycles. The zero-order chi connectivity index (χ0) is 13.0. The molecule has 90 valence electrons. The van der Waals surface area contributed by atoms with Crippen molar-refractivity contribution in [1.29, 1.82) is 5.26 Å². The molecule has 2 rings (SSSR count). The first-order valence-corrected chi connectivity index (χ1v) is 5.33. The van der Waals surface area contributed by atoms with E-state index >= 15 is 0 Å². The molecule has 0 aliphatic heterocycles. The molecule has 1 aromatic heterocycles. The first kappa shape index (κ1) is 12.0. The maximum Gasteiger partial charge on any atom is 0.164 e. The number of nitrogens with zero attached hydrogens (tertiary/aromatic N) is 3. The summed E-state index contributed by atoms with van der Waals surface area (Å²) in [7, 11) is 0. The molecule has 0 saturated heterocycles. The van der Waals surface area contributed by atoms with Crippen LogP contribution in [0.3, 0.4) is 0 Å². The van der Waals surface area contributed by atoms with Crippen molar-refractivity contribution in [3.05, 3.63) is 47.5 Å². The van der Waals surface area contributed by atoms with Crippen LogP contribution in [0.5, 0.6) is 11.5 Å². The summed E-state index contributed by atoms with van der Waals surface area (Å²) in [5.41, 5.74) is 1.03. The Morgan fingerprint density at radius 1 is 1.33 bits per heavy atom. The van der Waals surface area contributed by atoms with E-state index in [1.165, 1.54) is 0 Å². The normalized spacial score (nSPS) is 9.83. The Bertz CT molecular complexity index is 588.